The lowest BCUT2D eigenvalue weighted by molar-refractivity contribution is 0.0946. The Bertz CT molecular complexity index is 637. The lowest BCUT2D eigenvalue weighted by atomic mass is 10.1. The van der Waals surface area contributed by atoms with E-state index in [0.29, 0.717) is 18.7 Å². The van der Waals surface area contributed by atoms with Crippen LogP contribution in [-0.4, -0.2) is 17.0 Å². The fourth-order valence-corrected chi connectivity index (χ4v) is 2.61. The normalized spacial score (nSPS) is 10.6. The van der Waals surface area contributed by atoms with Crippen LogP contribution in [0.3, 0.4) is 0 Å². The minimum atomic E-state index is -0.232. The summed E-state index contributed by atoms with van der Waals surface area (Å²) in [6.45, 7) is 2.39. The molecule has 2 aromatic rings. The van der Waals surface area contributed by atoms with Crippen molar-refractivity contribution < 1.29 is 9.18 Å². The van der Waals surface area contributed by atoms with Crippen LogP contribution in [0.5, 0.6) is 0 Å². The average Bonchev–Trinajstić information content (AvgIpc) is 2.71. The van der Waals surface area contributed by atoms with E-state index >= 15 is 0 Å². The van der Waals surface area contributed by atoms with E-state index in [-0.39, 0.29) is 11.7 Å². The van der Waals surface area contributed by atoms with Crippen LogP contribution in [0.4, 0.5) is 4.39 Å². The Hall–Kier alpha value is -1.62. The van der Waals surface area contributed by atoms with Crippen molar-refractivity contribution in [3.8, 4) is 0 Å². The summed E-state index contributed by atoms with van der Waals surface area (Å²) < 4.78 is 15.6. The summed E-state index contributed by atoms with van der Waals surface area (Å²) in [6.07, 6.45) is 2.52. The maximum Gasteiger partial charge on any atom is 0.267 e. The standard InChI is InChI=1S/C15H16BrFN2O/c1-10-7-13(17)4-3-11(10)5-6-18-15(20)14-8-12(16)9-19(14)2/h3-4,7-9H,5-6H2,1-2H3,(H,18,20). The summed E-state index contributed by atoms with van der Waals surface area (Å²) in [5, 5.41) is 2.87. The van der Waals surface area contributed by atoms with Gasteiger partial charge in [-0.15, -0.1) is 0 Å². The average molecular weight is 339 g/mol. The number of benzene rings is 1. The molecule has 0 unspecified atom stereocenters. The smallest absolute Gasteiger partial charge is 0.267 e. The summed E-state index contributed by atoms with van der Waals surface area (Å²) in [5.41, 5.74) is 2.55. The number of halogens is 2. The molecular weight excluding hydrogens is 323 g/mol. The van der Waals surface area contributed by atoms with Gasteiger partial charge >= 0.3 is 0 Å². The minimum absolute atomic E-state index is 0.113. The SMILES string of the molecule is Cc1cc(F)ccc1CCNC(=O)c1cc(Br)cn1C. The van der Waals surface area contributed by atoms with Crippen LogP contribution in [-0.2, 0) is 13.5 Å². The van der Waals surface area contributed by atoms with Crippen molar-refractivity contribution in [3.63, 3.8) is 0 Å². The van der Waals surface area contributed by atoms with Gasteiger partial charge < -0.3 is 9.88 Å². The number of aryl methyl sites for hydroxylation is 2. The molecule has 1 amide bonds. The van der Waals surface area contributed by atoms with Gasteiger partial charge in [0.25, 0.3) is 5.91 Å². The monoisotopic (exact) mass is 338 g/mol. The Morgan fingerprint density at radius 3 is 2.75 bits per heavy atom. The molecule has 20 heavy (non-hydrogen) atoms. The largest absolute Gasteiger partial charge is 0.350 e. The first-order valence-corrected chi connectivity index (χ1v) is 7.12. The second kappa shape index (κ2) is 6.22. The molecule has 0 saturated heterocycles. The molecule has 0 fully saturated rings. The molecule has 0 radical (unpaired) electrons. The highest BCUT2D eigenvalue weighted by Gasteiger charge is 2.10. The second-order valence-corrected chi connectivity index (χ2v) is 5.65. The number of carbonyl (C=O) groups is 1. The van der Waals surface area contributed by atoms with Crippen LogP contribution in [0, 0.1) is 12.7 Å². The van der Waals surface area contributed by atoms with E-state index in [1.165, 1.54) is 12.1 Å². The van der Waals surface area contributed by atoms with Gasteiger partial charge in [0.05, 0.1) is 0 Å². The maximum atomic E-state index is 13.0. The van der Waals surface area contributed by atoms with Crippen LogP contribution in [0.25, 0.3) is 0 Å². The molecule has 0 aliphatic heterocycles. The summed E-state index contributed by atoms with van der Waals surface area (Å²) in [7, 11) is 1.82. The highest BCUT2D eigenvalue weighted by molar-refractivity contribution is 9.10. The first-order valence-electron chi connectivity index (χ1n) is 6.32. The van der Waals surface area contributed by atoms with Crippen molar-refractivity contribution in [2.45, 2.75) is 13.3 Å². The zero-order valence-corrected chi connectivity index (χ0v) is 13.0. The Morgan fingerprint density at radius 1 is 1.40 bits per heavy atom. The zero-order valence-electron chi connectivity index (χ0n) is 11.4. The first kappa shape index (κ1) is 14.8. The number of nitrogens with zero attached hydrogens (tertiary/aromatic N) is 1. The summed E-state index contributed by atoms with van der Waals surface area (Å²) in [6, 6.07) is 6.48. The van der Waals surface area contributed by atoms with Crippen molar-refractivity contribution in [3.05, 3.63) is 57.6 Å². The molecule has 1 aromatic heterocycles. The highest BCUT2D eigenvalue weighted by Crippen LogP contribution is 2.14. The van der Waals surface area contributed by atoms with E-state index < -0.39 is 0 Å². The van der Waals surface area contributed by atoms with Crippen LogP contribution in [0.2, 0.25) is 0 Å². The fraction of sp³-hybridized carbons (Fsp3) is 0.267. The van der Waals surface area contributed by atoms with E-state index in [1.54, 1.807) is 16.7 Å². The lowest BCUT2D eigenvalue weighted by Gasteiger charge is -2.08. The fourth-order valence-electron chi connectivity index (χ4n) is 2.09. The van der Waals surface area contributed by atoms with Gasteiger partial charge in [-0.2, -0.15) is 0 Å². The van der Waals surface area contributed by atoms with Gasteiger partial charge in [0.2, 0.25) is 0 Å². The summed E-state index contributed by atoms with van der Waals surface area (Å²) >= 11 is 3.34. The van der Waals surface area contributed by atoms with Crippen molar-refractivity contribution in [2.24, 2.45) is 7.05 Å². The van der Waals surface area contributed by atoms with Gasteiger partial charge in [-0.05, 0) is 58.6 Å². The second-order valence-electron chi connectivity index (χ2n) is 4.73. The van der Waals surface area contributed by atoms with E-state index in [2.05, 4.69) is 21.2 Å². The van der Waals surface area contributed by atoms with Crippen LogP contribution in [0.1, 0.15) is 21.6 Å². The first-order chi connectivity index (χ1) is 9.47. The van der Waals surface area contributed by atoms with E-state index in [4.69, 9.17) is 0 Å². The summed E-state index contributed by atoms with van der Waals surface area (Å²) in [5.74, 6) is -0.345. The van der Waals surface area contributed by atoms with Crippen molar-refractivity contribution in [1.82, 2.24) is 9.88 Å². The molecule has 1 aromatic carbocycles. The number of hydrogen-bond donors (Lipinski definition) is 1. The minimum Gasteiger partial charge on any atom is -0.350 e. The zero-order chi connectivity index (χ0) is 14.7. The summed E-state index contributed by atoms with van der Waals surface area (Å²) in [4.78, 5) is 12.0. The van der Waals surface area contributed by atoms with Gasteiger partial charge in [0, 0.05) is 24.3 Å². The van der Waals surface area contributed by atoms with Gasteiger partial charge in [-0.25, -0.2) is 4.39 Å². The molecule has 0 saturated carbocycles. The predicted molar refractivity (Wildman–Crippen MR) is 80.3 cm³/mol. The van der Waals surface area contributed by atoms with Crippen LogP contribution < -0.4 is 5.32 Å². The molecule has 2 rings (SSSR count). The molecule has 0 spiro atoms. The van der Waals surface area contributed by atoms with Gasteiger partial charge in [0.1, 0.15) is 11.5 Å². The lowest BCUT2D eigenvalue weighted by Crippen LogP contribution is -2.27. The number of nitrogens with one attached hydrogen (secondary N) is 1. The van der Waals surface area contributed by atoms with E-state index in [9.17, 15) is 9.18 Å². The van der Waals surface area contributed by atoms with Crippen LogP contribution >= 0.6 is 15.9 Å². The molecule has 0 bridgehead atoms. The third kappa shape index (κ3) is 3.48. The third-order valence-electron chi connectivity index (χ3n) is 3.19. The van der Waals surface area contributed by atoms with Gasteiger partial charge in [0.15, 0.2) is 0 Å². The quantitative estimate of drug-likeness (QED) is 0.912. The predicted octanol–water partition coefficient (Wildman–Crippen LogP) is 3.21. The molecule has 0 aliphatic rings. The molecule has 5 heteroatoms. The molecule has 0 atom stereocenters. The maximum absolute atomic E-state index is 13.0. The molecule has 106 valence electrons. The molecule has 1 N–H and O–H groups in total. The number of amides is 1. The Labute approximate surface area is 125 Å². The van der Waals surface area contributed by atoms with Gasteiger partial charge in [-0.1, -0.05) is 6.07 Å². The number of rotatable bonds is 4. The highest BCUT2D eigenvalue weighted by atomic mass is 79.9. The molecule has 1 heterocycles. The van der Waals surface area contributed by atoms with Gasteiger partial charge in [-0.3, -0.25) is 4.79 Å². The molecular formula is C15H16BrFN2O. The number of aromatic nitrogens is 1. The van der Waals surface area contributed by atoms with Crippen molar-refractivity contribution >= 4 is 21.8 Å². The number of carbonyl (C=O) groups excluding carboxylic acids is 1. The van der Waals surface area contributed by atoms with Crippen molar-refractivity contribution in [2.75, 3.05) is 6.54 Å². The molecule has 3 nitrogen and oxygen atoms in total. The molecule has 0 aliphatic carbocycles. The van der Waals surface area contributed by atoms with Crippen LogP contribution in [0.15, 0.2) is 34.9 Å². The Morgan fingerprint density at radius 2 is 2.15 bits per heavy atom. The Kier molecular flexibility index (Phi) is 4.60. The van der Waals surface area contributed by atoms with Crippen molar-refractivity contribution in [1.29, 1.82) is 0 Å². The van der Waals surface area contributed by atoms with E-state index in [0.717, 1.165) is 15.6 Å². The topological polar surface area (TPSA) is 34.0 Å². The number of hydrogen-bond acceptors (Lipinski definition) is 1. The Balaban J connectivity index is 1.93. The van der Waals surface area contributed by atoms with E-state index in [1.807, 2.05) is 20.2 Å². The third-order valence-corrected chi connectivity index (χ3v) is 3.62.